The molecule has 1 saturated carbocycles. The molecule has 0 radical (unpaired) electrons. The van der Waals surface area contributed by atoms with Crippen molar-refractivity contribution in [3.05, 3.63) is 23.8 Å². The molecule has 0 unspecified atom stereocenters. The van der Waals surface area contributed by atoms with Gasteiger partial charge in [0.15, 0.2) is 11.5 Å². The number of fused-ring (bicyclic) bond motifs is 1. The molecule has 2 fully saturated rings. The maximum absolute atomic E-state index is 12.7. The Morgan fingerprint density at radius 1 is 1.03 bits per heavy atom. The van der Waals surface area contributed by atoms with Gasteiger partial charge in [0.25, 0.3) is 0 Å². The molecule has 3 aliphatic rings. The molecule has 0 bridgehead atoms. The number of amides is 3. The zero-order chi connectivity index (χ0) is 20.2. The fourth-order valence-electron chi connectivity index (χ4n) is 4.71. The first-order chi connectivity index (χ1) is 14.1. The van der Waals surface area contributed by atoms with E-state index >= 15 is 0 Å². The Hall–Kier alpha value is -2.28. The monoisotopic (exact) mass is 401 g/mol. The van der Waals surface area contributed by atoms with Crippen molar-refractivity contribution < 1.29 is 19.1 Å². The van der Waals surface area contributed by atoms with Crippen LogP contribution in [0.2, 0.25) is 0 Å². The molecule has 2 aliphatic heterocycles. The second-order valence-corrected chi connectivity index (χ2v) is 8.27. The lowest BCUT2D eigenvalue weighted by atomic mass is 9.96. The van der Waals surface area contributed by atoms with Gasteiger partial charge < -0.3 is 14.8 Å². The summed E-state index contributed by atoms with van der Waals surface area (Å²) >= 11 is 0. The number of carbonyl (C=O) groups excluding carboxylic acids is 2. The molecule has 158 valence electrons. The average Bonchev–Trinajstić information content (AvgIpc) is 3.23. The van der Waals surface area contributed by atoms with Gasteiger partial charge in [0, 0.05) is 12.1 Å². The van der Waals surface area contributed by atoms with Crippen molar-refractivity contribution in [2.45, 2.75) is 70.0 Å². The van der Waals surface area contributed by atoms with Gasteiger partial charge in [-0.3, -0.25) is 15.0 Å². The van der Waals surface area contributed by atoms with Crippen molar-refractivity contribution in [3.63, 3.8) is 0 Å². The lowest BCUT2D eigenvalue weighted by molar-refractivity contribution is -0.125. The van der Waals surface area contributed by atoms with Crippen LogP contribution in [0.5, 0.6) is 11.5 Å². The Labute approximate surface area is 172 Å². The van der Waals surface area contributed by atoms with E-state index in [1.165, 1.54) is 6.42 Å². The summed E-state index contributed by atoms with van der Waals surface area (Å²) in [5.74, 6) is 1.29. The Morgan fingerprint density at radius 2 is 1.79 bits per heavy atom. The van der Waals surface area contributed by atoms with Gasteiger partial charge in [-0.1, -0.05) is 25.3 Å². The lowest BCUT2D eigenvalue weighted by Crippen LogP contribution is -2.51. The minimum atomic E-state index is -0.382. The molecule has 29 heavy (non-hydrogen) atoms. The Balaban J connectivity index is 1.37. The van der Waals surface area contributed by atoms with Crippen LogP contribution in [-0.2, 0) is 4.79 Å². The first-order valence-electron chi connectivity index (χ1n) is 10.9. The predicted octanol–water partition coefficient (Wildman–Crippen LogP) is 3.14. The van der Waals surface area contributed by atoms with Crippen molar-refractivity contribution in [1.29, 1.82) is 0 Å². The van der Waals surface area contributed by atoms with Crippen molar-refractivity contribution in [3.8, 4) is 11.5 Å². The number of hydrogen-bond acceptors (Lipinski definition) is 5. The number of benzene rings is 1. The molecule has 0 spiro atoms. The topological polar surface area (TPSA) is 79.9 Å². The fraction of sp³-hybridized carbons (Fsp3) is 0.636. The first-order valence-corrected chi connectivity index (χ1v) is 10.9. The molecule has 4 rings (SSSR count). The maximum atomic E-state index is 12.7. The maximum Gasteiger partial charge on any atom is 0.321 e. The number of likely N-dealkylation sites (tertiary alicyclic amines) is 1. The van der Waals surface area contributed by atoms with Gasteiger partial charge in [0.1, 0.15) is 13.2 Å². The minimum Gasteiger partial charge on any atom is -0.486 e. The normalized spacial score (nSPS) is 23.4. The summed E-state index contributed by atoms with van der Waals surface area (Å²) in [6.07, 6.45) is 7.49. The van der Waals surface area contributed by atoms with E-state index in [4.69, 9.17) is 9.47 Å². The molecular weight excluding hydrogens is 370 g/mol. The summed E-state index contributed by atoms with van der Waals surface area (Å²) in [5, 5.41) is 5.50. The Morgan fingerprint density at radius 3 is 2.59 bits per heavy atom. The molecule has 1 saturated heterocycles. The van der Waals surface area contributed by atoms with Gasteiger partial charge in [-0.25, -0.2) is 4.79 Å². The Bertz CT molecular complexity index is 748. The molecule has 3 amide bonds. The van der Waals surface area contributed by atoms with Crippen LogP contribution in [0.25, 0.3) is 0 Å². The van der Waals surface area contributed by atoms with Crippen LogP contribution >= 0.6 is 0 Å². The van der Waals surface area contributed by atoms with E-state index in [9.17, 15) is 9.59 Å². The molecule has 7 nitrogen and oxygen atoms in total. The number of hydrogen-bond donors (Lipinski definition) is 2. The average molecular weight is 402 g/mol. The Kier molecular flexibility index (Phi) is 6.23. The molecule has 2 N–H and O–H groups in total. The van der Waals surface area contributed by atoms with E-state index in [0.717, 1.165) is 62.1 Å². The highest BCUT2D eigenvalue weighted by atomic mass is 16.6. The number of imide groups is 1. The second kappa shape index (κ2) is 9.03. The quantitative estimate of drug-likeness (QED) is 0.810. The van der Waals surface area contributed by atoms with Crippen LogP contribution in [0.15, 0.2) is 18.2 Å². The zero-order valence-corrected chi connectivity index (χ0v) is 17.1. The number of urea groups is 1. The number of ether oxygens (including phenoxy) is 2. The smallest absolute Gasteiger partial charge is 0.321 e. The summed E-state index contributed by atoms with van der Waals surface area (Å²) in [4.78, 5) is 27.2. The fourth-order valence-corrected chi connectivity index (χ4v) is 4.71. The van der Waals surface area contributed by atoms with Crippen molar-refractivity contribution >= 4 is 11.9 Å². The molecule has 2 atom stereocenters. The minimum absolute atomic E-state index is 0.132. The summed E-state index contributed by atoms with van der Waals surface area (Å²) in [6, 6.07) is 5.59. The zero-order valence-electron chi connectivity index (χ0n) is 17.1. The van der Waals surface area contributed by atoms with Crippen molar-refractivity contribution in [2.75, 3.05) is 19.8 Å². The summed E-state index contributed by atoms with van der Waals surface area (Å²) < 4.78 is 11.3. The molecule has 0 aromatic heterocycles. The van der Waals surface area contributed by atoms with E-state index in [1.807, 2.05) is 19.1 Å². The third-order valence-electron chi connectivity index (χ3n) is 6.30. The van der Waals surface area contributed by atoms with Gasteiger partial charge >= 0.3 is 6.03 Å². The number of rotatable bonds is 4. The standard InChI is InChI=1S/C22H31N3O4/c1-15(21(26)24-22(27)23-17-6-3-2-4-7-17)25-11-5-8-18(25)16-9-10-19-20(14-16)29-13-12-28-19/h9-10,14-15,17-18H,2-8,11-13H2,1H3,(H2,23,24,26,27)/t15-,18-/m0/s1. The molecule has 7 heteroatoms. The van der Waals surface area contributed by atoms with Gasteiger partial charge in [-0.2, -0.15) is 0 Å². The SMILES string of the molecule is C[C@@H](C(=O)NC(=O)NC1CCCCC1)N1CCC[C@H]1c1ccc2c(c1)OCCO2. The van der Waals surface area contributed by atoms with Gasteiger partial charge in [-0.05, 0) is 56.8 Å². The van der Waals surface area contributed by atoms with E-state index in [-0.39, 0.29) is 30.1 Å². The molecule has 1 aliphatic carbocycles. The van der Waals surface area contributed by atoms with Crippen LogP contribution < -0.4 is 20.1 Å². The molecule has 1 aromatic carbocycles. The third kappa shape index (κ3) is 4.66. The highest BCUT2D eigenvalue weighted by molar-refractivity contribution is 5.96. The first kappa shape index (κ1) is 20.0. The molecular formula is C22H31N3O4. The number of carbonyl (C=O) groups is 2. The van der Waals surface area contributed by atoms with E-state index in [1.54, 1.807) is 0 Å². The molecule has 2 heterocycles. The molecule has 1 aromatic rings. The van der Waals surface area contributed by atoms with Crippen LogP contribution in [0.4, 0.5) is 4.79 Å². The van der Waals surface area contributed by atoms with Crippen molar-refractivity contribution in [2.24, 2.45) is 0 Å². The van der Waals surface area contributed by atoms with E-state index in [0.29, 0.717) is 13.2 Å². The van der Waals surface area contributed by atoms with Crippen LogP contribution in [0.3, 0.4) is 0 Å². The highest BCUT2D eigenvalue weighted by Gasteiger charge is 2.34. The van der Waals surface area contributed by atoms with Crippen LogP contribution in [0.1, 0.15) is 63.5 Å². The second-order valence-electron chi connectivity index (χ2n) is 8.27. The van der Waals surface area contributed by atoms with Crippen LogP contribution in [-0.4, -0.2) is 48.7 Å². The van der Waals surface area contributed by atoms with E-state index < -0.39 is 0 Å². The van der Waals surface area contributed by atoms with Gasteiger partial charge in [-0.15, -0.1) is 0 Å². The van der Waals surface area contributed by atoms with Crippen molar-refractivity contribution in [1.82, 2.24) is 15.5 Å². The summed E-state index contributed by atoms with van der Waals surface area (Å²) in [7, 11) is 0. The van der Waals surface area contributed by atoms with E-state index in [2.05, 4.69) is 21.6 Å². The number of nitrogens with one attached hydrogen (secondary N) is 2. The summed E-state index contributed by atoms with van der Waals surface area (Å²) in [5.41, 5.74) is 1.12. The number of nitrogens with zero attached hydrogens (tertiary/aromatic N) is 1. The lowest BCUT2D eigenvalue weighted by Gasteiger charge is -2.31. The summed E-state index contributed by atoms with van der Waals surface area (Å²) in [6.45, 7) is 3.83. The third-order valence-corrected chi connectivity index (χ3v) is 6.30. The largest absolute Gasteiger partial charge is 0.486 e. The van der Waals surface area contributed by atoms with Crippen LogP contribution in [0, 0.1) is 0 Å². The van der Waals surface area contributed by atoms with Gasteiger partial charge in [0.05, 0.1) is 6.04 Å². The highest BCUT2D eigenvalue weighted by Crippen LogP contribution is 2.38. The predicted molar refractivity (Wildman–Crippen MR) is 109 cm³/mol. The van der Waals surface area contributed by atoms with Gasteiger partial charge in [0.2, 0.25) is 5.91 Å².